The van der Waals surface area contributed by atoms with Gasteiger partial charge in [-0.1, -0.05) is 94.9 Å². The zero-order chi connectivity index (χ0) is 22.9. The van der Waals surface area contributed by atoms with Gasteiger partial charge in [0.15, 0.2) is 0 Å². The average Bonchev–Trinajstić information content (AvgIpc) is 2.89. The van der Waals surface area contributed by atoms with Crippen LogP contribution in [-0.4, -0.2) is 24.0 Å². The second kappa shape index (κ2) is 13.5. The average molecular weight is 454 g/mol. The summed E-state index contributed by atoms with van der Waals surface area (Å²) < 4.78 is 0. The first-order valence-electron chi connectivity index (χ1n) is 15.5. The predicted octanol–water partition coefficient (Wildman–Crippen LogP) is 9.48. The van der Waals surface area contributed by atoms with E-state index in [2.05, 4.69) is 30.9 Å². The molecule has 0 amide bonds. The molecule has 0 aromatic heterocycles. The van der Waals surface area contributed by atoms with Gasteiger partial charge in [-0.3, -0.25) is 0 Å². The maximum Gasteiger partial charge on any atom is 0.00954 e. The molecular formula is C32H55N. The number of rotatable bonds is 8. The Morgan fingerprint density at radius 2 is 0.818 bits per heavy atom. The minimum atomic E-state index is 0.847. The van der Waals surface area contributed by atoms with Gasteiger partial charge in [-0.15, -0.1) is 0 Å². The fraction of sp³-hybridized carbons (Fsp3) is 0.875. The van der Waals surface area contributed by atoms with Crippen LogP contribution in [-0.2, 0) is 0 Å². The van der Waals surface area contributed by atoms with Gasteiger partial charge < -0.3 is 4.90 Å². The van der Waals surface area contributed by atoms with Crippen molar-refractivity contribution in [2.24, 2.45) is 23.7 Å². The van der Waals surface area contributed by atoms with E-state index in [1.807, 2.05) is 11.1 Å². The third kappa shape index (κ3) is 6.99. The summed E-state index contributed by atoms with van der Waals surface area (Å²) in [5.41, 5.74) is 3.80. The molecule has 0 aromatic carbocycles. The summed E-state index contributed by atoms with van der Waals surface area (Å²) in [7, 11) is 0. The zero-order valence-corrected chi connectivity index (χ0v) is 22.3. The molecule has 0 atom stereocenters. The molecule has 0 aliphatic heterocycles. The van der Waals surface area contributed by atoms with Crippen molar-refractivity contribution in [2.45, 2.75) is 142 Å². The smallest absolute Gasteiger partial charge is 0.00954 e. The normalized spacial score (nSPS) is 29.4. The molecule has 0 aromatic rings. The highest BCUT2D eigenvalue weighted by Gasteiger charge is 2.31. The van der Waals surface area contributed by atoms with Gasteiger partial charge in [0.25, 0.3) is 0 Å². The van der Waals surface area contributed by atoms with Crippen molar-refractivity contribution >= 4 is 0 Å². The molecule has 0 heterocycles. The fourth-order valence-electron chi connectivity index (χ4n) is 8.23. The quantitative estimate of drug-likeness (QED) is 0.331. The zero-order valence-electron chi connectivity index (χ0n) is 22.3. The first-order valence-corrected chi connectivity index (χ1v) is 15.5. The van der Waals surface area contributed by atoms with Crippen molar-refractivity contribution in [3.63, 3.8) is 0 Å². The van der Waals surface area contributed by atoms with Crippen LogP contribution in [0.1, 0.15) is 136 Å². The molecule has 188 valence electrons. The largest absolute Gasteiger partial charge is 0.301 e. The highest BCUT2D eigenvalue weighted by molar-refractivity contribution is 5.26. The summed E-state index contributed by atoms with van der Waals surface area (Å²) in [6.45, 7) is 7.16. The molecule has 0 spiro atoms. The first kappa shape index (κ1) is 25.5. The van der Waals surface area contributed by atoms with Crippen LogP contribution in [0.2, 0.25) is 0 Å². The summed E-state index contributed by atoms with van der Waals surface area (Å²) in [6.07, 6.45) is 33.4. The Morgan fingerprint density at radius 1 is 0.485 bits per heavy atom. The van der Waals surface area contributed by atoms with E-state index in [4.69, 9.17) is 0 Å². The van der Waals surface area contributed by atoms with E-state index in [0.717, 1.165) is 29.7 Å². The van der Waals surface area contributed by atoms with Crippen molar-refractivity contribution in [3.8, 4) is 0 Å². The van der Waals surface area contributed by atoms with E-state index in [1.165, 1.54) is 135 Å². The molecule has 4 fully saturated rings. The first-order chi connectivity index (χ1) is 16.3. The fourth-order valence-corrected chi connectivity index (χ4v) is 8.23. The van der Waals surface area contributed by atoms with Crippen LogP contribution in [0.25, 0.3) is 0 Å². The van der Waals surface area contributed by atoms with Crippen LogP contribution < -0.4 is 0 Å². The van der Waals surface area contributed by atoms with Crippen molar-refractivity contribution in [1.82, 2.24) is 4.90 Å². The number of allylic oxidation sites excluding steroid dienone is 4. The topological polar surface area (TPSA) is 3.24 Å². The van der Waals surface area contributed by atoms with Gasteiger partial charge in [-0.2, -0.15) is 0 Å². The Balaban J connectivity index is 1.54. The SMILES string of the molecule is CCN(CC)C1CCC(C(=CC=C(C2CCCCC2)C2CCCCC2)C2CCCCC2)CC1. The van der Waals surface area contributed by atoms with Crippen molar-refractivity contribution in [1.29, 1.82) is 0 Å². The van der Waals surface area contributed by atoms with Crippen LogP contribution in [0.3, 0.4) is 0 Å². The third-order valence-corrected chi connectivity index (χ3v) is 10.2. The van der Waals surface area contributed by atoms with Crippen molar-refractivity contribution in [2.75, 3.05) is 13.1 Å². The third-order valence-electron chi connectivity index (χ3n) is 10.2. The van der Waals surface area contributed by atoms with E-state index in [1.54, 1.807) is 0 Å². The summed E-state index contributed by atoms with van der Waals surface area (Å²) in [5, 5.41) is 0. The van der Waals surface area contributed by atoms with Gasteiger partial charge in [0.1, 0.15) is 0 Å². The molecule has 4 aliphatic carbocycles. The molecule has 0 saturated heterocycles. The summed E-state index contributed by atoms with van der Waals surface area (Å²) >= 11 is 0. The minimum absolute atomic E-state index is 0.847. The molecule has 1 heteroatoms. The van der Waals surface area contributed by atoms with E-state index in [9.17, 15) is 0 Å². The lowest BCUT2D eigenvalue weighted by Crippen LogP contribution is -2.38. The molecule has 1 nitrogen and oxygen atoms in total. The summed E-state index contributed by atoms with van der Waals surface area (Å²) in [4.78, 5) is 2.73. The lowest BCUT2D eigenvalue weighted by Gasteiger charge is -2.39. The molecule has 4 rings (SSSR count). The minimum Gasteiger partial charge on any atom is -0.301 e. The predicted molar refractivity (Wildman–Crippen MR) is 145 cm³/mol. The van der Waals surface area contributed by atoms with Gasteiger partial charge in [-0.05, 0) is 101 Å². The van der Waals surface area contributed by atoms with E-state index in [0.29, 0.717) is 0 Å². The standard InChI is InChI=1S/C32H55N/c1-3-33(4-2)30-22-20-29(21-23-30)32(28-18-12-7-13-19-28)25-24-31(26-14-8-5-9-15-26)27-16-10-6-11-17-27/h24-30H,3-23H2,1-2H3. The molecule has 33 heavy (non-hydrogen) atoms. The van der Waals surface area contributed by atoms with Gasteiger partial charge >= 0.3 is 0 Å². The van der Waals surface area contributed by atoms with E-state index >= 15 is 0 Å². The number of hydrogen-bond acceptors (Lipinski definition) is 1. The summed E-state index contributed by atoms with van der Waals surface area (Å²) in [6, 6.07) is 0.847. The van der Waals surface area contributed by atoms with Crippen LogP contribution in [0.4, 0.5) is 0 Å². The molecular weight excluding hydrogens is 398 g/mol. The Labute approximate surface area is 206 Å². The van der Waals surface area contributed by atoms with E-state index < -0.39 is 0 Å². The van der Waals surface area contributed by atoms with Gasteiger partial charge in [0.05, 0.1) is 0 Å². The Morgan fingerprint density at radius 3 is 1.15 bits per heavy atom. The number of nitrogens with zero attached hydrogens (tertiary/aromatic N) is 1. The van der Waals surface area contributed by atoms with Crippen LogP contribution in [0.5, 0.6) is 0 Å². The van der Waals surface area contributed by atoms with Gasteiger partial charge in [-0.25, -0.2) is 0 Å². The molecule has 0 unspecified atom stereocenters. The Bertz CT molecular complexity index is 580. The Kier molecular flexibility index (Phi) is 10.5. The van der Waals surface area contributed by atoms with Crippen molar-refractivity contribution < 1.29 is 0 Å². The molecule has 4 aliphatic rings. The lowest BCUT2D eigenvalue weighted by atomic mass is 9.71. The van der Waals surface area contributed by atoms with Crippen LogP contribution in [0.15, 0.2) is 23.3 Å². The van der Waals surface area contributed by atoms with Gasteiger partial charge in [0.2, 0.25) is 0 Å². The molecule has 4 saturated carbocycles. The number of hydrogen-bond donors (Lipinski definition) is 0. The lowest BCUT2D eigenvalue weighted by molar-refractivity contribution is 0.152. The van der Waals surface area contributed by atoms with E-state index in [-0.39, 0.29) is 0 Å². The molecule has 0 N–H and O–H groups in total. The van der Waals surface area contributed by atoms with Crippen LogP contribution in [0, 0.1) is 23.7 Å². The molecule has 0 radical (unpaired) electrons. The second-order valence-corrected chi connectivity index (χ2v) is 12.1. The second-order valence-electron chi connectivity index (χ2n) is 12.1. The highest BCUT2D eigenvalue weighted by Crippen LogP contribution is 2.43. The maximum atomic E-state index is 2.76. The summed E-state index contributed by atoms with van der Waals surface area (Å²) in [5.74, 6) is 3.58. The Hall–Kier alpha value is -0.560. The highest BCUT2D eigenvalue weighted by atomic mass is 15.1. The maximum absolute atomic E-state index is 2.76. The van der Waals surface area contributed by atoms with Gasteiger partial charge in [0, 0.05) is 6.04 Å². The van der Waals surface area contributed by atoms with Crippen LogP contribution >= 0.6 is 0 Å². The monoisotopic (exact) mass is 453 g/mol. The van der Waals surface area contributed by atoms with Crippen molar-refractivity contribution in [3.05, 3.63) is 23.3 Å². The molecule has 0 bridgehead atoms.